The lowest BCUT2D eigenvalue weighted by Gasteiger charge is -2.25. The topological polar surface area (TPSA) is 20.8 Å². The van der Waals surface area contributed by atoms with Gasteiger partial charge in [0.05, 0.1) is 16.6 Å². The molecule has 10 aromatic rings. The van der Waals surface area contributed by atoms with E-state index in [2.05, 4.69) is 161 Å². The minimum absolute atomic E-state index is 0.913. The van der Waals surface area contributed by atoms with Gasteiger partial charge in [0.15, 0.2) is 0 Å². The number of aromatic nitrogens is 1. The Bertz CT molecular complexity index is 2660. The molecule has 45 heavy (non-hydrogen) atoms. The summed E-state index contributed by atoms with van der Waals surface area (Å²) >= 11 is 0. The fourth-order valence-electron chi connectivity index (χ4n) is 7.47. The Morgan fingerprint density at radius 1 is 0.400 bits per heavy atom. The van der Waals surface area contributed by atoms with Crippen LogP contribution in [0.25, 0.3) is 71.2 Å². The van der Waals surface area contributed by atoms with E-state index in [1.165, 1.54) is 49.2 Å². The van der Waals surface area contributed by atoms with Gasteiger partial charge in [0, 0.05) is 54.9 Å². The summed E-state index contributed by atoms with van der Waals surface area (Å²) in [6.07, 6.45) is 0. The average molecular weight is 575 g/mol. The van der Waals surface area contributed by atoms with E-state index in [-0.39, 0.29) is 0 Å². The third-order valence-electron chi connectivity index (χ3n) is 9.30. The summed E-state index contributed by atoms with van der Waals surface area (Å²) in [6.45, 7) is 0. The first kappa shape index (κ1) is 24.4. The van der Waals surface area contributed by atoms with Crippen LogP contribution in [-0.2, 0) is 0 Å². The first-order chi connectivity index (χ1) is 22.3. The number of anilines is 3. The van der Waals surface area contributed by atoms with Crippen molar-refractivity contribution in [2.24, 2.45) is 0 Å². The summed E-state index contributed by atoms with van der Waals surface area (Å²) in [5.74, 6) is 0. The molecule has 0 atom stereocenters. The Labute approximate surface area is 259 Å². The molecule has 0 N–H and O–H groups in total. The van der Waals surface area contributed by atoms with Crippen molar-refractivity contribution in [3.8, 4) is 11.1 Å². The van der Waals surface area contributed by atoms with Gasteiger partial charge in [-0.05, 0) is 60.2 Å². The van der Waals surface area contributed by atoms with Gasteiger partial charge < -0.3 is 13.7 Å². The zero-order valence-electron chi connectivity index (χ0n) is 24.3. The highest BCUT2D eigenvalue weighted by atomic mass is 16.3. The summed E-state index contributed by atoms with van der Waals surface area (Å²) in [7, 11) is 0. The number of benzene rings is 7. The Kier molecular flexibility index (Phi) is 5.00. The van der Waals surface area contributed by atoms with Gasteiger partial charge in [-0.1, -0.05) is 103 Å². The van der Waals surface area contributed by atoms with Gasteiger partial charge in [0.25, 0.3) is 0 Å². The van der Waals surface area contributed by atoms with Crippen molar-refractivity contribution in [2.75, 3.05) is 4.90 Å². The van der Waals surface area contributed by atoms with Crippen molar-refractivity contribution < 1.29 is 4.42 Å². The lowest BCUT2D eigenvalue weighted by molar-refractivity contribution is 0.669. The maximum atomic E-state index is 6.31. The van der Waals surface area contributed by atoms with E-state index in [0.29, 0.717) is 0 Å². The second-order valence-corrected chi connectivity index (χ2v) is 11.7. The Balaban J connectivity index is 1.29. The van der Waals surface area contributed by atoms with Gasteiger partial charge in [-0.25, -0.2) is 0 Å². The van der Waals surface area contributed by atoms with Crippen LogP contribution in [0.3, 0.4) is 0 Å². The summed E-state index contributed by atoms with van der Waals surface area (Å²) in [5, 5.41) is 7.35. The molecule has 0 aliphatic heterocycles. The van der Waals surface area contributed by atoms with Crippen molar-refractivity contribution in [3.05, 3.63) is 158 Å². The normalized spacial score (nSPS) is 12.0. The van der Waals surface area contributed by atoms with E-state index in [4.69, 9.17) is 4.42 Å². The molecule has 3 nitrogen and oxygen atoms in total. The Morgan fingerprint density at radius 3 is 1.76 bits per heavy atom. The summed E-state index contributed by atoms with van der Waals surface area (Å²) in [6, 6.07) is 56.4. The number of hydrogen-bond donors (Lipinski definition) is 0. The predicted octanol–water partition coefficient (Wildman–Crippen LogP) is 11.9. The summed E-state index contributed by atoms with van der Waals surface area (Å²) in [4.78, 5) is 2.34. The molecule has 0 fully saturated rings. The molecule has 0 aliphatic carbocycles. The molecule has 0 aliphatic rings. The Hall–Kier alpha value is -6.06. The molecule has 0 unspecified atom stereocenters. The third-order valence-corrected chi connectivity index (χ3v) is 9.30. The quantitative estimate of drug-likeness (QED) is 0.208. The van der Waals surface area contributed by atoms with Crippen molar-refractivity contribution in [2.45, 2.75) is 0 Å². The SMILES string of the molecule is c1ccc(N(c2ccccc2)c2ccc3c(c2)c2cccc4c5cccc(-c6cccc7oc8ccccc8c67)c5n3c24)cc1. The third kappa shape index (κ3) is 3.41. The highest BCUT2D eigenvalue weighted by Gasteiger charge is 2.22. The minimum Gasteiger partial charge on any atom is -0.456 e. The largest absolute Gasteiger partial charge is 0.456 e. The Morgan fingerprint density at radius 2 is 0.978 bits per heavy atom. The van der Waals surface area contributed by atoms with Crippen molar-refractivity contribution in [1.82, 2.24) is 4.40 Å². The van der Waals surface area contributed by atoms with Gasteiger partial charge in [-0.3, -0.25) is 0 Å². The lowest BCUT2D eigenvalue weighted by atomic mass is 9.97. The first-order valence-corrected chi connectivity index (χ1v) is 15.4. The lowest BCUT2D eigenvalue weighted by Crippen LogP contribution is -2.09. The van der Waals surface area contributed by atoms with Gasteiger partial charge in [0.1, 0.15) is 11.2 Å². The van der Waals surface area contributed by atoms with Crippen LogP contribution in [0.1, 0.15) is 0 Å². The molecule has 10 rings (SSSR count). The molecular formula is C42H26N2O. The van der Waals surface area contributed by atoms with Gasteiger partial charge in [-0.2, -0.15) is 0 Å². The van der Waals surface area contributed by atoms with E-state index in [1.807, 2.05) is 6.07 Å². The van der Waals surface area contributed by atoms with E-state index in [9.17, 15) is 0 Å². The van der Waals surface area contributed by atoms with Crippen LogP contribution >= 0.6 is 0 Å². The summed E-state index contributed by atoms with van der Waals surface area (Å²) in [5.41, 5.74) is 11.3. The molecule has 0 radical (unpaired) electrons. The second-order valence-electron chi connectivity index (χ2n) is 11.7. The number of para-hydroxylation sites is 5. The van der Waals surface area contributed by atoms with Crippen LogP contribution in [0.2, 0.25) is 0 Å². The maximum Gasteiger partial charge on any atom is 0.136 e. The fraction of sp³-hybridized carbons (Fsp3) is 0. The summed E-state index contributed by atoms with van der Waals surface area (Å²) < 4.78 is 8.80. The van der Waals surface area contributed by atoms with Crippen LogP contribution in [0, 0.1) is 0 Å². The van der Waals surface area contributed by atoms with Crippen molar-refractivity contribution in [1.29, 1.82) is 0 Å². The highest BCUT2D eigenvalue weighted by Crippen LogP contribution is 2.46. The molecule has 0 amide bonds. The minimum atomic E-state index is 0.913. The number of rotatable bonds is 4. The average Bonchev–Trinajstić information content (AvgIpc) is 3.76. The van der Waals surface area contributed by atoms with E-state index < -0.39 is 0 Å². The molecule has 0 saturated carbocycles. The van der Waals surface area contributed by atoms with Crippen LogP contribution in [0.4, 0.5) is 17.1 Å². The first-order valence-electron chi connectivity index (χ1n) is 15.4. The van der Waals surface area contributed by atoms with Crippen molar-refractivity contribution >= 4 is 77.1 Å². The van der Waals surface area contributed by atoms with Crippen LogP contribution in [-0.4, -0.2) is 4.40 Å². The molecule has 210 valence electrons. The fourth-order valence-corrected chi connectivity index (χ4v) is 7.47. The smallest absolute Gasteiger partial charge is 0.136 e. The number of nitrogens with zero attached hydrogens (tertiary/aromatic N) is 2. The van der Waals surface area contributed by atoms with Crippen LogP contribution < -0.4 is 4.90 Å². The van der Waals surface area contributed by atoms with E-state index in [0.717, 1.165) is 39.0 Å². The van der Waals surface area contributed by atoms with Crippen LogP contribution in [0.15, 0.2) is 162 Å². The second kappa shape index (κ2) is 9.22. The molecule has 3 heteroatoms. The van der Waals surface area contributed by atoms with Gasteiger partial charge >= 0.3 is 0 Å². The van der Waals surface area contributed by atoms with E-state index in [1.54, 1.807) is 0 Å². The predicted molar refractivity (Wildman–Crippen MR) is 188 cm³/mol. The molecule has 3 heterocycles. The van der Waals surface area contributed by atoms with E-state index >= 15 is 0 Å². The number of furan rings is 1. The number of fused-ring (bicyclic) bond motifs is 9. The molecule has 0 bridgehead atoms. The zero-order valence-corrected chi connectivity index (χ0v) is 24.3. The van der Waals surface area contributed by atoms with Gasteiger partial charge in [0.2, 0.25) is 0 Å². The van der Waals surface area contributed by atoms with Gasteiger partial charge in [-0.15, -0.1) is 0 Å². The molecule has 0 spiro atoms. The molecule has 0 saturated heterocycles. The standard InChI is InChI=1S/C42H26N2O/c1-3-12-27(13-4-1)43(28-14-5-2-6-15-28)29-24-25-37-36(26-29)34-21-10-20-33-32-19-9-18-31(41(32)44(37)42(33)34)30-17-11-23-39-40(30)35-16-7-8-22-38(35)45-39/h1-26H. The monoisotopic (exact) mass is 574 g/mol. The highest BCUT2D eigenvalue weighted by molar-refractivity contribution is 6.26. The zero-order chi connectivity index (χ0) is 29.5. The molecule has 3 aromatic heterocycles. The maximum absolute atomic E-state index is 6.31. The van der Waals surface area contributed by atoms with Crippen LogP contribution in [0.5, 0.6) is 0 Å². The molecular weight excluding hydrogens is 548 g/mol. The number of hydrogen-bond acceptors (Lipinski definition) is 2. The molecule has 7 aromatic carbocycles. The van der Waals surface area contributed by atoms with Crippen molar-refractivity contribution in [3.63, 3.8) is 0 Å².